The van der Waals surface area contributed by atoms with Crippen LogP contribution in [0.5, 0.6) is 5.75 Å². The molecule has 1 N–H and O–H groups in total. The van der Waals surface area contributed by atoms with Gasteiger partial charge in [-0.15, -0.1) is 0 Å². The number of likely N-dealkylation sites (tertiary alicyclic amines) is 1. The fourth-order valence-electron chi connectivity index (χ4n) is 3.02. The van der Waals surface area contributed by atoms with E-state index < -0.39 is 0 Å². The van der Waals surface area contributed by atoms with Gasteiger partial charge in [-0.2, -0.15) is 0 Å². The lowest BCUT2D eigenvalue weighted by atomic mass is 9.91. The van der Waals surface area contributed by atoms with Crippen molar-refractivity contribution >= 4 is 27.7 Å². The summed E-state index contributed by atoms with van der Waals surface area (Å²) in [5, 5.41) is 2.96. The molecule has 1 heterocycles. The lowest BCUT2D eigenvalue weighted by Gasteiger charge is -2.27. The van der Waals surface area contributed by atoms with Crippen molar-refractivity contribution < 1.29 is 14.3 Å². The number of nitrogens with one attached hydrogen (secondary N) is 1. The van der Waals surface area contributed by atoms with E-state index in [-0.39, 0.29) is 23.3 Å². The summed E-state index contributed by atoms with van der Waals surface area (Å²) in [6.07, 6.45) is 2.07. The second-order valence-corrected chi connectivity index (χ2v) is 8.52. The molecule has 25 heavy (non-hydrogen) atoms. The molecule has 1 aromatic rings. The largest absolute Gasteiger partial charge is 0.496 e. The van der Waals surface area contributed by atoms with E-state index in [1.54, 1.807) is 12.0 Å². The molecule has 5 nitrogen and oxygen atoms in total. The quantitative estimate of drug-likeness (QED) is 0.807. The van der Waals surface area contributed by atoms with Gasteiger partial charge >= 0.3 is 0 Å². The summed E-state index contributed by atoms with van der Waals surface area (Å²) in [6.45, 7) is 7.22. The molecule has 2 amide bonds. The number of hydrogen-bond donors (Lipinski definition) is 1. The number of ether oxygens (including phenoxy) is 1. The lowest BCUT2D eigenvalue weighted by Crippen LogP contribution is -2.46. The summed E-state index contributed by atoms with van der Waals surface area (Å²) in [6, 6.07) is 5.36. The molecule has 1 unspecified atom stereocenters. The normalized spacial score (nSPS) is 17.5. The highest BCUT2D eigenvalue weighted by atomic mass is 79.9. The van der Waals surface area contributed by atoms with E-state index >= 15 is 0 Å². The van der Waals surface area contributed by atoms with Gasteiger partial charge in [0.15, 0.2) is 0 Å². The van der Waals surface area contributed by atoms with Crippen LogP contribution < -0.4 is 10.1 Å². The van der Waals surface area contributed by atoms with E-state index in [0.29, 0.717) is 19.5 Å². The second-order valence-electron chi connectivity index (χ2n) is 7.67. The number of rotatable bonds is 5. The number of methoxy groups -OCH3 is 1. The summed E-state index contributed by atoms with van der Waals surface area (Å²) in [5.74, 6) is 0.744. The number of hydrogen-bond acceptors (Lipinski definition) is 3. The number of halogens is 1. The Bertz CT molecular complexity index is 640. The van der Waals surface area contributed by atoms with Crippen molar-refractivity contribution in [2.24, 2.45) is 5.41 Å². The molecule has 0 aromatic heterocycles. The van der Waals surface area contributed by atoms with Gasteiger partial charge < -0.3 is 15.0 Å². The van der Waals surface area contributed by atoms with Crippen LogP contribution in [-0.2, 0) is 16.1 Å². The molecule has 0 bridgehead atoms. The molecule has 1 atom stereocenters. The van der Waals surface area contributed by atoms with E-state index in [1.165, 1.54) is 0 Å². The molecule has 0 saturated carbocycles. The van der Waals surface area contributed by atoms with Crippen LogP contribution in [-0.4, -0.2) is 36.4 Å². The van der Waals surface area contributed by atoms with Crippen LogP contribution in [0.1, 0.15) is 45.6 Å². The predicted octanol–water partition coefficient (Wildman–Crippen LogP) is 3.50. The van der Waals surface area contributed by atoms with Gasteiger partial charge in [0.25, 0.3) is 0 Å². The van der Waals surface area contributed by atoms with Crippen LogP contribution in [0, 0.1) is 5.41 Å². The van der Waals surface area contributed by atoms with E-state index in [2.05, 4.69) is 21.2 Å². The average molecular weight is 411 g/mol. The summed E-state index contributed by atoms with van der Waals surface area (Å²) in [4.78, 5) is 26.8. The Morgan fingerprint density at radius 3 is 2.68 bits per heavy atom. The molecule has 1 aliphatic heterocycles. The van der Waals surface area contributed by atoms with E-state index in [1.807, 2.05) is 39.0 Å². The van der Waals surface area contributed by atoms with Crippen LogP contribution in [0.3, 0.4) is 0 Å². The fourth-order valence-corrected chi connectivity index (χ4v) is 3.61. The smallest absolute Gasteiger partial charge is 0.243 e. The zero-order valence-electron chi connectivity index (χ0n) is 15.4. The molecular formula is C19H27BrN2O3. The van der Waals surface area contributed by atoms with Crippen molar-refractivity contribution in [1.82, 2.24) is 10.2 Å². The van der Waals surface area contributed by atoms with Crippen LogP contribution in [0.15, 0.2) is 22.7 Å². The minimum absolute atomic E-state index is 0.0670. The highest BCUT2D eigenvalue weighted by Gasteiger charge is 2.35. The third-order valence-electron chi connectivity index (χ3n) is 4.24. The molecule has 0 aliphatic carbocycles. The standard InChI is InChI=1S/C19H27BrN2O3/c1-19(2,3)11-17(23)22-9-5-6-15(22)18(24)21-12-13-7-8-16(25-4)14(20)10-13/h7-8,10,15H,5-6,9,11-12H2,1-4H3,(H,21,24). The van der Waals surface area contributed by atoms with Gasteiger partial charge in [-0.05, 0) is 51.9 Å². The molecule has 138 valence electrons. The first kappa shape index (κ1) is 19.8. The molecule has 1 saturated heterocycles. The summed E-state index contributed by atoms with van der Waals surface area (Å²) in [5.41, 5.74) is 0.905. The van der Waals surface area contributed by atoms with Gasteiger partial charge in [-0.25, -0.2) is 0 Å². The van der Waals surface area contributed by atoms with Crippen LogP contribution >= 0.6 is 15.9 Å². The Labute approximate surface area is 158 Å². The van der Waals surface area contributed by atoms with Crippen molar-refractivity contribution in [2.45, 2.75) is 52.6 Å². The zero-order chi connectivity index (χ0) is 18.6. The van der Waals surface area contributed by atoms with Gasteiger partial charge in [-0.1, -0.05) is 26.8 Å². The van der Waals surface area contributed by atoms with E-state index in [9.17, 15) is 9.59 Å². The predicted molar refractivity (Wildman–Crippen MR) is 101 cm³/mol. The second kappa shape index (κ2) is 8.21. The Morgan fingerprint density at radius 1 is 1.36 bits per heavy atom. The summed E-state index contributed by atoms with van der Waals surface area (Å²) >= 11 is 3.45. The maximum absolute atomic E-state index is 12.6. The minimum Gasteiger partial charge on any atom is -0.496 e. The third-order valence-corrected chi connectivity index (χ3v) is 4.86. The SMILES string of the molecule is COc1ccc(CNC(=O)C2CCCN2C(=O)CC(C)(C)C)cc1Br. The van der Waals surface area contributed by atoms with Gasteiger partial charge in [0.05, 0.1) is 11.6 Å². The topological polar surface area (TPSA) is 58.6 Å². The fraction of sp³-hybridized carbons (Fsp3) is 0.579. The minimum atomic E-state index is -0.350. The number of carbonyl (C=O) groups excluding carboxylic acids is 2. The molecule has 1 aliphatic rings. The average Bonchev–Trinajstić information content (AvgIpc) is 3.01. The van der Waals surface area contributed by atoms with E-state index in [4.69, 9.17) is 4.74 Å². The first-order valence-electron chi connectivity index (χ1n) is 8.61. The number of benzene rings is 1. The van der Waals surface area contributed by atoms with Crippen molar-refractivity contribution in [2.75, 3.05) is 13.7 Å². The molecule has 2 rings (SSSR count). The Hall–Kier alpha value is -1.56. The summed E-state index contributed by atoms with van der Waals surface area (Å²) in [7, 11) is 1.62. The third kappa shape index (κ3) is 5.46. The van der Waals surface area contributed by atoms with Crippen molar-refractivity contribution in [3.63, 3.8) is 0 Å². The zero-order valence-corrected chi connectivity index (χ0v) is 17.0. The highest BCUT2D eigenvalue weighted by Crippen LogP contribution is 2.26. The Kier molecular flexibility index (Phi) is 6.49. The van der Waals surface area contributed by atoms with E-state index in [0.717, 1.165) is 28.6 Å². The number of nitrogens with zero attached hydrogens (tertiary/aromatic N) is 1. The highest BCUT2D eigenvalue weighted by molar-refractivity contribution is 9.10. The molecule has 0 radical (unpaired) electrons. The lowest BCUT2D eigenvalue weighted by molar-refractivity contribution is -0.139. The Morgan fingerprint density at radius 2 is 2.08 bits per heavy atom. The maximum atomic E-state index is 12.6. The van der Waals surface area contributed by atoms with Gasteiger partial charge in [-0.3, -0.25) is 9.59 Å². The molecule has 0 spiro atoms. The van der Waals surface area contributed by atoms with Crippen LogP contribution in [0.25, 0.3) is 0 Å². The van der Waals surface area contributed by atoms with Crippen molar-refractivity contribution in [3.05, 3.63) is 28.2 Å². The van der Waals surface area contributed by atoms with Crippen molar-refractivity contribution in [1.29, 1.82) is 0 Å². The monoisotopic (exact) mass is 410 g/mol. The molecular weight excluding hydrogens is 384 g/mol. The first-order valence-corrected chi connectivity index (χ1v) is 9.40. The van der Waals surface area contributed by atoms with Crippen molar-refractivity contribution in [3.8, 4) is 5.75 Å². The maximum Gasteiger partial charge on any atom is 0.243 e. The van der Waals surface area contributed by atoms with Gasteiger partial charge in [0.1, 0.15) is 11.8 Å². The molecule has 1 fully saturated rings. The Balaban J connectivity index is 1.95. The van der Waals surface area contributed by atoms with Crippen LogP contribution in [0.4, 0.5) is 0 Å². The van der Waals surface area contributed by atoms with Gasteiger partial charge in [0.2, 0.25) is 11.8 Å². The molecule has 6 heteroatoms. The molecule has 1 aromatic carbocycles. The summed E-state index contributed by atoms with van der Waals surface area (Å²) < 4.78 is 6.06. The van der Waals surface area contributed by atoms with Crippen LogP contribution in [0.2, 0.25) is 0 Å². The first-order chi connectivity index (χ1) is 11.7. The number of amides is 2. The van der Waals surface area contributed by atoms with Gasteiger partial charge in [0, 0.05) is 19.5 Å². The number of carbonyl (C=O) groups is 2.